The highest BCUT2D eigenvalue weighted by Gasteiger charge is 2.43. The minimum Gasteiger partial charge on any atom is -0.481 e. The number of aliphatic carboxylic acids is 3. The van der Waals surface area contributed by atoms with Gasteiger partial charge in [-0.05, 0) is 94.5 Å². The number of aliphatic hydroxyl groups is 1. The number of nitrogens with zero attached hydrogens (tertiary/aromatic N) is 1. The molecule has 138 heavy (non-hydrogen) atoms. The Hall–Kier alpha value is -15.0. The Labute approximate surface area is 798 Å². The molecule has 53 heteroatoms. The first-order valence-corrected chi connectivity index (χ1v) is 44.5. The summed E-state index contributed by atoms with van der Waals surface area (Å²) in [5, 5.41) is 77.9. The van der Waals surface area contributed by atoms with Crippen LogP contribution in [-0.4, -0.2) is 307 Å². The normalized spacial score (nSPS) is 15.1. The number of benzene rings is 3. The third-order valence-corrected chi connectivity index (χ3v) is 21.7. The number of unbranched alkanes of at least 4 members (excludes halogenated alkanes) is 1. The van der Waals surface area contributed by atoms with Crippen LogP contribution >= 0.6 is 24.2 Å². The molecule has 0 aliphatic carbocycles. The van der Waals surface area contributed by atoms with Crippen molar-refractivity contribution in [1.82, 2.24) is 95.0 Å². The fourth-order valence-electron chi connectivity index (χ4n) is 13.9. The van der Waals surface area contributed by atoms with E-state index in [1.165, 1.54) is 18.3 Å². The molecule has 3 aromatic carbocycles. The van der Waals surface area contributed by atoms with Crippen molar-refractivity contribution < 1.29 is 135 Å². The van der Waals surface area contributed by atoms with Gasteiger partial charge < -0.3 is 144 Å². The molecule has 1 fully saturated rings. The van der Waals surface area contributed by atoms with Crippen LogP contribution in [0.25, 0.3) is 10.9 Å². The van der Waals surface area contributed by atoms with Crippen LogP contribution in [0.5, 0.6) is 0 Å². The Morgan fingerprint density at radius 1 is 0.428 bits per heavy atom. The van der Waals surface area contributed by atoms with E-state index in [9.17, 15) is 135 Å². The molecule has 0 radical (unpaired) electrons. The number of likely N-dealkylation sites (tertiary alicyclic amines) is 1. The minimum absolute atomic E-state index is 0.00980. The topological polar surface area (TPSA) is 832 Å². The smallest absolute Gasteiger partial charge is 0.305 e. The summed E-state index contributed by atoms with van der Waals surface area (Å²) in [5.41, 5.74) is 29.0. The fourth-order valence-corrected chi connectivity index (χ4v) is 14.3. The molecule has 0 spiro atoms. The zero-order valence-electron chi connectivity index (χ0n) is 75.0. The largest absolute Gasteiger partial charge is 0.481 e. The van der Waals surface area contributed by atoms with Gasteiger partial charge in [0.05, 0.1) is 45.0 Å². The highest BCUT2D eigenvalue weighted by Crippen LogP contribution is 2.23. The van der Waals surface area contributed by atoms with Crippen molar-refractivity contribution in [3.8, 4) is 0 Å². The van der Waals surface area contributed by atoms with Gasteiger partial charge in [0, 0.05) is 67.9 Å². The number of carboxylic acids is 3. The second kappa shape index (κ2) is 57.7. The Balaban J connectivity index is 1.28. The summed E-state index contributed by atoms with van der Waals surface area (Å²) in [5.74, 6) is -29.5. The zero-order chi connectivity index (χ0) is 103. The lowest BCUT2D eigenvalue weighted by atomic mass is 10.0. The standard InChI is InChI=1S/C85H116ClN23O28S/c1-42(96-66(116)40-95-74(126)50(22-25-61(88)111)99-81(133)57(34-69(120)121)105-76(128)51(24-27-68(118)119)100-78(130)54(31-45-16-7-4-8-17-45)103-80(132)56(33-63(90)113)104-77(129)53(98-64(114)36-86)30-44-14-5-3-6-15-44)73(125)102-58(35-70(122)123)82(134)108-71(43(2)110)84(136)106-55(32-46-37-92-48-19-10-9-18-47(46)48)79(131)101-52(23-26-62(89)112)85(137)109-29-13-21-60(109)83(135)107-59(41-138)75(127)94-38-65(115)93-39-67(117)97-49(72(91)124)20-11-12-28-87/h3-10,14-19,37,42-43,49-60,71,92,110,138H,11-13,20-36,38-41,87H2,1-2H3,(H2,88,111)(H2,89,112)(H2,90,113)(H2,91,124)(H,93,115)(H,94,127)(H,95,126)(H,96,116)(H,97,117)(H,98,114)(H,99,133)(H,100,130)(H,101,131)(H,102,125)(H,103,132)(H,104,129)(H,105,128)(H,106,136)(H,107,135)(H,108,134)(H,118,119)(H,120,121)(H,122,123)/t42-,43+,49-,50-,51-,52-,53-,54-,55-,56-,57-,58-,59-,60-,71-/m0/s1. The number of alkyl halides is 1. The van der Waals surface area contributed by atoms with Crippen LogP contribution in [0, 0.1) is 0 Å². The van der Waals surface area contributed by atoms with E-state index in [0.717, 1.165) is 18.7 Å². The van der Waals surface area contributed by atoms with Crippen molar-refractivity contribution in [2.75, 3.05) is 44.4 Å². The maximum absolute atomic E-state index is 14.8. The number of H-pyrrole nitrogens is 1. The number of para-hydroxylation sites is 1. The lowest BCUT2D eigenvalue weighted by Crippen LogP contribution is -2.62. The second-order valence-electron chi connectivity index (χ2n) is 32.0. The SMILES string of the molecule is C[C@H](NC(=O)CNC(=O)[C@H](CCC(N)=O)NC(=O)[C@H](CC(=O)O)NC(=O)[C@H](CCC(=O)O)NC(=O)[C@H](Cc1ccccc1)NC(=O)[C@H](CC(N)=O)NC(=O)[C@H](Cc1ccccc1)NC(=O)CCl)C(=O)N[C@@H](CC(=O)O)C(=O)N[C@H](C(=O)N[C@@H](Cc1c[nH]c2ccccc12)C(=O)N[C@@H](CCC(N)=O)C(=O)N1CCC[C@H]1C(=O)N[C@@H](CS)C(=O)NCC(=O)NCC(=O)N[C@@H](CCCCN)C(N)=O)[C@@H](C)O. The molecule has 15 atom stereocenters. The van der Waals surface area contributed by atoms with Crippen LogP contribution in [0.3, 0.4) is 0 Å². The third-order valence-electron chi connectivity index (χ3n) is 21.1. The molecule has 1 saturated heterocycles. The van der Waals surface area contributed by atoms with E-state index in [-0.39, 0.29) is 38.0 Å². The van der Waals surface area contributed by atoms with Gasteiger partial charge in [-0.3, -0.25) is 115 Å². The first-order chi connectivity index (χ1) is 65.3. The van der Waals surface area contributed by atoms with Crippen LogP contribution in [-0.2, 0) is 134 Å². The number of rotatable bonds is 61. The molecule has 0 unspecified atom stereocenters. The number of aromatic amines is 1. The van der Waals surface area contributed by atoms with Gasteiger partial charge in [-0.1, -0.05) is 78.9 Å². The van der Waals surface area contributed by atoms with E-state index >= 15 is 0 Å². The first-order valence-electron chi connectivity index (χ1n) is 43.3. The molecule has 5 rings (SSSR count). The Morgan fingerprint density at radius 2 is 0.862 bits per heavy atom. The van der Waals surface area contributed by atoms with E-state index < -0.39 is 329 Å². The van der Waals surface area contributed by atoms with Gasteiger partial charge in [-0.2, -0.15) is 12.6 Å². The second-order valence-corrected chi connectivity index (χ2v) is 32.6. The molecule has 2 heterocycles. The fraction of sp³-hybridized carbons (Fsp3) is 0.482. The maximum atomic E-state index is 14.8. The van der Waals surface area contributed by atoms with Gasteiger partial charge >= 0.3 is 17.9 Å². The number of primary amides is 4. The first kappa shape index (κ1) is 114. The highest BCUT2D eigenvalue weighted by atomic mass is 35.5. The molecular formula is C85H116ClN23O28S. The number of carboxylic acid groups (broad SMARTS) is 3. The lowest BCUT2D eigenvalue weighted by Gasteiger charge is -2.31. The number of hydrogen-bond acceptors (Lipinski definition) is 27. The lowest BCUT2D eigenvalue weighted by molar-refractivity contribution is -0.143. The average Bonchev–Trinajstić information content (AvgIpc) is 1.65. The Morgan fingerprint density at radius 3 is 1.38 bits per heavy atom. The number of amides is 21. The average molecular weight is 1980 g/mol. The summed E-state index contributed by atoms with van der Waals surface area (Å²) in [7, 11) is 0. The van der Waals surface area contributed by atoms with E-state index in [1.807, 2.05) is 0 Å². The maximum Gasteiger partial charge on any atom is 0.305 e. The monoisotopic (exact) mass is 1970 g/mol. The van der Waals surface area contributed by atoms with Crippen molar-refractivity contribution in [1.29, 1.82) is 0 Å². The van der Waals surface area contributed by atoms with Crippen LogP contribution in [0.4, 0.5) is 0 Å². The summed E-state index contributed by atoms with van der Waals surface area (Å²) < 4.78 is 0. The predicted octanol–water partition coefficient (Wildman–Crippen LogP) is -9.76. The molecule has 51 nitrogen and oxygen atoms in total. The summed E-state index contributed by atoms with van der Waals surface area (Å²) in [6.07, 6.45) is -7.72. The van der Waals surface area contributed by atoms with Gasteiger partial charge in [0.1, 0.15) is 90.5 Å². The summed E-state index contributed by atoms with van der Waals surface area (Å²) in [6.45, 7) is -0.223. The van der Waals surface area contributed by atoms with Crippen molar-refractivity contribution in [3.63, 3.8) is 0 Å². The van der Waals surface area contributed by atoms with Crippen molar-refractivity contribution in [2.45, 2.75) is 214 Å². The summed E-state index contributed by atoms with van der Waals surface area (Å²) >= 11 is 9.90. The molecule has 4 aromatic rings. The molecule has 752 valence electrons. The number of carbonyl (C=O) groups is 24. The number of nitrogens with two attached hydrogens (primary N) is 5. The number of nitrogens with one attached hydrogen (secondary N) is 17. The van der Waals surface area contributed by atoms with E-state index in [2.05, 4.69) is 103 Å². The highest BCUT2D eigenvalue weighted by molar-refractivity contribution is 7.80. The molecule has 1 aliphatic heterocycles. The molecule has 0 bridgehead atoms. The van der Waals surface area contributed by atoms with Crippen LogP contribution in [0.15, 0.2) is 91.1 Å². The number of aromatic nitrogens is 1. The van der Waals surface area contributed by atoms with Gasteiger partial charge in [-0.15, -0.1) is 11.6 Å². The predicted molar refractivity (Wildman–Crippen MR) is 487 cm³/mol. The van der Waals surface area contributed by atoms with Gasteiger partial charge in [-0.25, -0.2) is 0 Å². The Kier molecular flexibility index (Phi) is 47.5. The van der Waals surface area contributed by atoms with Crippen molar-refractivity contribution >= 4 is 177 Å². The molecule has 0 saturated carbocycles. The zero-order valence-corrected chi connectivity index (χ0v) is 76.7. The molecular weight excluding hydrogens is 1860 g/mol. The van der Waals surface area contributed by atoms with E-state index in [1.54, 1.807) is 72.8 Å². The van der Waals surface area contributed by atoms with E-state index in [4.69, 9.17) is 40.3 Å². The quantitative estimate of drug-likeness (QED) is 0.0111. The van der Waals surface area contributed by atoms with Crippen molar-refractivity contribution in [3.05, 3.63) is 108 Å². The number of aliphatic hydroxyl groups excluding tert-OH is 1. The molecule has 1 aromatic heterocycles. The third kappa shape index (κ3) is 39.5. The minimum atomic E-state index is -2.24. The number of hydrogen-bond donors (Lipinski definition) is 27. The molecule has 1 aliphatic rings. The summed E-state index contributed by atoms with van der Waals surface area (Å²) in [6, 6.07) is -2.13. The van der Waals surface area contributed by atoms with Gasteiger partial charge in [0.25, 0.3) is 0 Å². The molecule has 31 N–H and O–H groups in total. The van der Waals surface area contributed by atoms with Crippen LogP contribution in [0.2, 0.25) is 0 Å². The number of carbonyl (C=O) groups excluding carboxylic acids is 21. The van der Waals surface area contributed by atoms with Crippen LogP contribution in [0.1, 0.15) is 120 Å². The number of halogens is 1. The van der Waals surface area contributed by atoms with E-state index in [0.29, 0.717) is 47.0 Å². The summed E-state index contributed by atoms with van der Waals surface area (Å²) in [4.78, 5) is 325. The number of fused-ring (bicyclic) bond motifs is 1. The number of thiol groups is 1. The van der Waals surface area contributed by atoms with Crippen LogP contribution < -0.4 is 114 Å². The van der Waals surface area contributed by atoms with Gasteiger partial charge in [0.2, 0.25) is 124 Å². The Bertz CT molecular complexity index is 5060. The van der Waals surface area contributed by atoms with Gasteiger partial charge in [0.15, 0.2) is 0 Å². The molecule has 21 amide bonds. The van der Waals surface area contributed by atoms with Crippen molar-refractivity contribution in [2.24, 2.45) is 28.7 Å².